The SMILES string of the molecule is CCN(C(=O)Cc1c[nH]c2ccccc12)C(C)(C)C(=O)O. The van der Waals surface area contributed by atoms with Crippen LogP contribution in [0.5, 0.6) is 0 Å². The van der Waals surface area contributed by atoms with Gasteiger partial charge in [0.2, 0.25) is 5.91 Å². The van der Waals surface area contributed by atoms with Crippen molar-refractivity contribution in [2.75, 3.05) is 6.54 Å². The number of aromatic nitrogens is 1. The summed E-state index contributed by atoms with van der Waals surface area (Å²) in [5, 5.41) is 10.3. The van der Waals surface area contributed by atoms with Crippen LogP contribution in [0.1, 0.15) is 26.3 Å². The number of benzene rings is 1. The summed E-state index contributed by atoms with van der Waals surface area (Å²) in [6.07, 6.45) is 2.00. The second-order valence-corrected chi connectivity index (χ2v) is 5.54. The van der Waals surface area contributed by atoms with E-state index in [1.165, 1.54) is 4.90 Å². The number of H-pyrrole nitrogens is 1. The zero-order chi connectivity index (χ0) is 15.6. The van der Waals surface area contributed by atoms with E-state index in [9.17, 15) is 14.7 Å². The number of nitrogens with one attached hydrogen (secondary N) is 1. The van der Waals surface area contributed by atoms with Crippen molar-refractivity contribution in [1.82, 2.24) is 9.88 Å². The van der Waals surface area contributed by atoms with Crippen LogP contribution >= 0.6 is 0 Å². The van der Waals surface area contributed by atoms with Gasteiger partial charge in [0.1, 0.15) is 5.54 Å². The van der Waals surface area contributed by atoms with E-state index in [4.69, 9.17) is 0 Å². The van der Waals surface area contributed by atoms with Gasteiger partial charge in [-0.05, 0) is 32.4 Å². The number of aliphatic carboxylic acids is 1. The second-order valence-electron chi connectivity index (χ2n) is 5.54. The lowest BCUT2D eigenvalue weighted by Crippen LogP contribution is -2.53. The van der Waals surface area contributed by atoms with Crippen LogP contribution in [0.3, 0.4) is 0 Å². The lowest BCUT2D eigenvalue weighted by Gasteiger charge is -2.34. The summed E-state index contributed by atoms with van der Waals surface area (Å²) in [5.74, 6) is -1.19. The third-order valence-electron chi connectivity index (χ3n) is 3.83. The smallest absolute Gasteiger partial charge is 0.329 e. The molecule has 21 heavy (non-hydrogen) atoms. The number of carbonyl (C=O) groups is 2. The number of hydrogen-bond acceptors (Lipinski definition) is 2. The van der Waals surface area contributed by atoms with Crippen LogP contribution in [0.4, 0.5) is 0 Å². The van der Waals surface area contributed by atoms with E-state index < -0.39 is 11.5 Å². The highest BCUT2D eigenvalue weighted by Gasteiger charge is 2.36. The van der Waals surface area contributed by atoms with Gasteiger partial charge < -0.3 is 15.0 Å². The van der Waals surface area contributed by atoms with Crippen LogP contribution in [0.25, 0.3) is 10.9 Å². The molecule has 1 aromatic carbocycles. The Morgan fingerprint density at radius 3 is 2.57 bits per heavy atom. The van der Waals surface area contributed by atoms with Gasteiger partial charge in [0.05, 0.1) is 6.42 Å². The maximum atomic E-state index is 12.5. The van der Waals surface area contributed by atoms with Crippen molar-refractivity contribution in [3.63, 3.8) is 0 Å². The van der Waals surface area contributed by atoms with Gasteiger partial charge in [0.25, 0.3) is 0 Å². The fourth-order valence-corrected chi connectivity index (χ4v) is 2.54. The minimum atomic E-state index is -1.21. The minimum absolute atomic E-state index is 0.186. The number of amides is 1. The molecular weight excluding hydrogens is 268 g/mol. The molecule has 5 nitrogen and oxygen atoms in total. The van der Waals surface area contributed by atoms with Crippen LogP contribution in [0, 0.1) is 0 Å². The molecule has 0 aliphatic carbocycles. The lowest BCUT2D eigenvalue weighted by molar-refractivity contribution is -0.156. The molecular formula is C16H20N2O3. The quantitative estimate of drug-likeness (QED) is 0.887. The number of carboxylic acid groups (broad SMARTS) is 1. The van der Waals surface area contributed by atoms with E-state index in [0.29, 0.717) is 6.54 Å². The van der Waals surface area contributed by atoms with E-state index in [-0.39, 0.29) is 12.3 Å². The molecule has 0 bridgehead atoms. The van der Waals surface area contributed by atoms with Crippen molar-refractivity contribution in [3.05, 3.63) is 36.0 Å². The highest BCUT2D eigenvalue weighted by Crippen LogP contribution is 2.21. The van der Waals surface area contributed by atoms with Crippen molar-refractivity contribution >= 4 is 22.8 Å². The Kier molecular flexibility index (Phi) is 4.02. The van der Waals surface area contributed by atoms with Gasteiger partial charge >= 0.3 is 5.97 Å². The molecule has 2 N–H and O–H groups in total. The summed E-state index contributed by atoms with van der Waals surface area (Å²) in [6.45, 7) is 5.25. The number of rotatable bonds is 5. The second kappa shape index (κ2) is 5.60. The summed E-state index contributed by atoms with van der Waals surface area (Å²) in [5.41, 5.74) is 0.647. The first-order chi connectivity index (χ1) is 9.87. The number of hydrogen-bond donors (Lipinski definition) is 2. The summed E-state index contributed by atoms with van der Waals surface area (Å²) >= 11 is 0. The monoisotopic (exact) mass is 288 g/mol. The summed E-state index contributed by atoms with van der Waals surface area (Å²) in [7, 11) is 0. The lowest BCUT2D eigenvalue weighted by atomic mass is 10.0. The Bertz CT molecular complexity index is 673. The van der Waals surface area contributed by atoms with Gasteiger partial charge in [-0.15, -0.1) is 0 Å². The van der Waals surface area contributed by atoms with E-state index in [2.05, 4.69) is 4.98 Å². The molecule has 2 aromatic rings. The van der Waals surface area contributed by atoms with Crippen molar-refractivity contribution in [3.8, 4) is 0 Å². The first-order valence-corrected chi connectivity index (χ1v) is 6.96. The van der Waals surface area contributed by atoms with Crippen LogP contribution < -0.4 is 0 Å². The van der Waals surface area contributed by atoms with Gasteiger partial charge in [0, 0.05) is 23.6 Å². The first-order valence-electron chi connectivity index (χ1n) is 6.96. The molecule has 0 unspecified atom stereocenters. The Morgan fingerprint density at radius 2 is 1.95 bits per heavy atom. The fraction of sp³-hybridized carbons (Fsp3) is 0.375. The van der Waals surface area contributed by atoms with Crippen LogP contribution in [-0.2, 0) is 16.0 Å². The van der Waals surface area contributed by atoms with Crippen LogP contribution in [-0.4, -0.2) is 39.0 Å². The number of para-hydroxylation sites is 1. The summed E-state index contributed by atoms with van der Waals surface area (Å²) in [4.78, 5) is 28.4. The standard InChI is InChI=1S/C16H20N2O3/c1-4-18(16(2,3)15(20)21)14(19)9-11-10-17-13-8-6-5-7-12(11)13/h5-8,10,17H,4,9H2,1-3H3,(H,20,21). The average Bonchev–Trinajstić information content (AvgIpc) is 2.82. The largest absolute Gasteiger partial charge is 0.480 e. The third-order valence-corrected chi connectivity index (χ3v) is 3.83. The molecule has 2 rings (SSSR count). The van der Waals surface area contributed by atoms with E-state index in [1.54, 1.807) is 20.8 Å². The average molecular weight is 288 g/mol. The molecule has 0 saturated heterocycles. The Morgan fingerprint density at radius 1 is 1.29 bits per heavy atom. The predicted octanol–water partition coefficient (Wildman–Crippen LogP) is 2.42. The molecule has 1 heterocycles. The Balaban J connectivity index is 2.26. The van der Waals surface area contributed by atoms with E-state index >= 15 is 0 Å². The highest BCUT2D eigenvalue weighted by atomic mass is 16.4. The molecule has 5 heteroatoms. The van der Waals surface area contributed by atoms with Gasteiger partial charge in [0.15, 0.2) is 0 Å². The fourth-order valence-electron chi connectivity index (χ4n) is 2.54. The molecule has 0 aliphatic rings. The van der Waals surface area contributed by atoms with Crippen molar-refractivity contribution in [1.29, 1.82) is 0 Å². The van der Waals surface area contributed by atoms with Crippen molar-refractivity contribution in [2.45, 2.75) is 32.7 Å². The normalized spacial score (nSPS) is 11.6. The zero-order valence-corrected chi connectivity index (χ0v) is 12.5. The van der Waals surface area contributed by atoms with E-state index in [1.807, 2.05) is 30.5 Å². The number of likely N-dealkylation sites (N-methyl/N-ethyl adjacent to an activating group) is 1. The number of aromatic amines is 1. The maximum absolute atomic E-state index is 12.5. The van der Waals surface area contributed by atoms with E-state index in [0.717, 1.165) is 16.5 Å². The molecule has 0 spiro atoms. The molecule has 0 saturated carbocycles. The van der Waals surface area contributed by atoms with Crippen molar-refractivity contribution < 1.29 is 14.7 Å². The Labute approximate surface area is 123 Å². The van der Waals surface area contributed by atoms with Gasteiger partial charge in [-0.2, -0.15) is 0 Å². The predicted molar refractivity (Wildman–Crippen MR) is 81.1 cm³/mol. The van der Waals surface area contributed by atoms with Gasteiger partial charge in [-0.25, -0.2) is 4.79 Å². The molecule has 0 radical (unpaired) electrons. The van der Waals surface area contributed by atoms with Crippen molar-refractivity contribution in [2.24, 2.45) is 0 Å². The molecule has 0 atom stereocenters. The summed E-state index contributed by atoms with van der Waals surface area (Å²) < 4.78 is 0. The molecule has 1 aromatic heterocycles. The number of carbonyl (C=O) groups excluding carboxylic acids is 1. The Hall–Kier alpha value is -2.30. The molecule has 0 aliphatic heterocycles. The topological polar surface area (TPSA) is 73.4 Å². The van der Waals surface area contributed by atoms with Crippen LogP contribution in [0.15, 0.2) is 30.5 Å². The van der Waals surface area contributed by atoms with Gasteiger partial charge in [-0.3, -0.25) is 4.79 Å². The van der Waals surface area contributed by atoms with Crippen LogP contribution in [0.2, 0.25) is 0 Å². The molecule has 112 valence electrons. The number of fused-ring (bicyclic) bond motifs is 1. The highest BCUT2D eigenvalue weighted by molar-refractivity contribution is 5.91. The zero-order valence-electron chi connectivity index (χ0n) is 12.5. The van der Waals surface area contributed by atoms with Gasteiger partial charge in [-0.1, -0.05) is 18.2 Å². The number of nitrogens with zero attached hydrogens (tertiary/aromatic N) is 1. The maximum Gasteiger partial charge on any atom is 0.329 e. The molecule has 1 amide bonds. The number of carboxylic acids is 1. The molecule has 0 fully saturated rings. The first kappa shape index (κ1) is 15.1. The third kappa shape index (κ3) is 2.77. The summed E-state index contributed by atoms with van der Waals surface area (Å²) in [6, 6.07) is 7.74. The minimum Gasteiger partial charge on any atom is -0.480 e.